The Hall–Kier alpha value is -3.14. The highest BCUT2D eigenvalue weighted by Gasteiger charge is 2.16. The summed E-state index contributed by atoms with van der Waals surface area (Å²) in [5, 5.41) is 8.48. The lowest BCUT2D eigenvalue weighted by atomic mass is 10.3. The summed E-state index contributed by atoms with van der Waals surface area (Å²) in [6, 6.07) is -0.287. The number of rotatable bonds is 5. The fourth-order valence-electron chi connectivity index (χ4n) is 2.58. The molecule has 0 spiro atoms. The van der Waals surface area contributed by atoms with Gasteiger partial charge in [-0.3, -0.25) is 0 Å². The van der Waals surface area contributed by atoms with E-state index >= 15 is 0 Å². The van der Waals surface area contributed by atoms with Crippen LogP contribution in [0.15, 0.2) is 30.3 Å². The Kier molecular flexibility index (Phi) is 4.40. The van der Waals surface area contributed by atoms with Crippen molar-refractivity contribution in [3.8, 4) is 0 Å². The van der Waals surface area contributed by atoms with Gasteiger partial charge >= 0.3 is 0 Å². The first-order chi connectivity index (χ1) is 13.0. The molecule has 4 heterocycles. The summed E-state index contributed by atoms with van der Waals surface area (Å²) in [6.45, 7) is 3.87. The fraction of sp³-hybridized carbons (Fsp3) is 0.235. The molecule has 0 radical (unpaired) electrons. The van der Waals surface area contributed by atoms with Crippen molar-refractivity contribution in [2.45, 2.75) is 19.9 Å². The summed E-state index contributed by atoms with van der Waals surface area (Å²) < 4.78 is 15.8. The van der Waals surface area contributed by atoms with Crippen LogP contribution in [-0.4, -0.2) is 29.5 Å². The molecule has 4 rings (SSSR count). The SMILES string of the molecule is Cc1csc2c(Nc3cn(C)cn3)nc(N[C@@H](C)c3ncc(F)cn3)nc12. The molecule has 2 N–H and O–H groups in total. The van der Waals surface area contributed by atoms with Gasteiger partial charge < -0.3 is 15.2 Å². The summed E-state index contributed by atoms with van der Waals surface area (Å²) in [4.78, 5) is 21.5. The topological polar surface area (TPSA) is 93.4 Å². The van der Waals surface area contributed by atoms with Gasteiger partial charge in [-0.25, -0.2) is 24.3 Å². The molecule has 8 nitrogen and oxygen atoms in total. The Morgan fingerprint density at radius 2 is 1.96 bits per heavy atom. The minimum atomic E-state index is -0.473. The molecule has 0 aliphatic carbocycles. The first-order valence-electron chi connectivity index (χ1n) is 8.24. The average molecular weight is 384 g/mol. The van der Waals surface area contributed by atoms with Gasteiger partial charge in [0.1, 0.15) is 11.6 Å². The number of halogens is 1. The van der Waals surface area contributed by atoms with Crippen LogP contribution in [0.1, 0.15) is 24.4 Å². The number of hydrogen-bond donors (Lipinski definition) is 2. The normalized spacial score (nSPS) is 12.3. The molecule has 0 aliphatic heterocycles. The molecular weight excluding hydrogens is 367 g/mol. The standard InChI is InChI=1S/C17H17FN8S/c1-9-7-27-14-13(9)24-17(22-10(2)15-19-4-11(18)5-20-15)25-16(14)23-12-6-26(3)8-21-12/h4-8,10H,1-3H3,(H2,22,23,24,25)/t10-/m0/s1. The minimum Gasteiger partial charge on any atom is -0.344 e. The highest BCUT2D eigenvalue weighted by Crippen LogP contribution is 2.32. The van der Waals surface area contributed by atoms with Gasteiger partial charge in [-0.05, 0) is 24.8 Å². The van der Waals surface area contributed by atoms with Crippen molar-refractivity contribution < 1.29 is 4.39 Å². The highest BCUT2D eigenvalue weighted by atomic mass is 32.1. The summed E-state index contributed by atoms with van der Waals surface area (Å²) in [5.41, 5.74) is 1.93. The number of hydrogen-bond acceptors (Lipinski definition) is 8. The van der Waals surface area contributed by atoms with Crippen molar-refractivity contribution in [1.29, 1.82) is 0 Å². The third kappa shape index (κ3) is 3.56. The van der Waals surface area contributed by atoms with E-state index in [1.165, 1.54) is 0 Å². The molecule has 0 fully saturated rings. The van der Waals surface area contributed by atoms with Gasteiger partial charge in [-0.15, -0.1) is 11.3 Å². The van der Waals surface area contributed by atoms with Crippen LogP contribution in [0.4, 0.5) is 22.0 Å². The Morgan fingerprint density at radius 1 is 1.19 bits per heavy atom. The van der Waals surface area contributed by atoms with Crippen molar-refractivity contribution in [3.63, 3.8) is 0 Å². The highest BCUT2D eigenvalue weighted by molar-refractivity contribution is 7.18. The first-order valence-corrected chi connectivity index (χ1v) is 9.12. The van der Waals surface area contributed by atoms with Crippen molar-refractivity contribution in [3.05, 3.63) is 47.5 Å². The molecule has 0 saturated heterocycles. The lowest BCUT2D eigenvalue weighted by Gasteiger charge is -2.14. The van der Waals surface area contributed by atoms with Crippen LogP contribution < -0.4 is 10.6 Å². The smallest absolute Gasteiger partial charge is 0.225 e. The van der Waals surface area contributed by atoms with Crippen LogP contribution in [0.3, 0.4) is 0 Å². The van der Waals surface area contributed by atoms with Gasteiger partial charge in [-0.2, -0.15) is 4.98 Å². The van der Waals surface area contributed by atoms with Gasteiger partial charge in [0, 0.05) is 13.2 Å². The molecule has 4 aromatic heterocycles. The van der Waals surface area contributed by atoms with E-state index in [1.54, 1.807) is 17.7 Å². The van der Waals surface area contributed by atoms with Crippen LogP contribution in [0.25, 0.3) is 10.2 Å². The monoisotopic (exact) mass is 384 g/mol. The molecule has 138 valence electrons. The third-order valence-electron chi connectivity index (χ3n) is 3.92. The van der Waals surface area contributed by atoms with Crippen molar-refractivity contribution in [2.75, 3.05) is 10.6 Å². The van der Waals surface area contributed by atoms with E-state index in [0.717, 1.165) is 28.2 Å². The quantitative estimate of drug-likeness (QED) is 0.543. The molecular formula is C17H17FN8S. The van der Waals surface area contributed by atoms with Crippen LogP contribution in [-0.2, 0) is 7.05 Å². The van der Waals surface area contributed by atoms with E-state index in [2.05, 4.69) is 35.6 Å². The van der Waals surface area contributed by atoms with Crippen LogP contribution >= 0.6 is 11.3 Å². The largest absolute Gasteiger partial charge is 0.344 e. The molecule has 4 aromatic rings. The number of aromatic nitrogens is 6. The molecule has 0 unspecified atom stereocenters. The van der Waals surface area contributed by atoms with E-state index < -0.39 is 5.82 Å². The van der Waals surface area contributed by atoms with E-state index in [1.807, 2.05) is 37.0 Å². The fourth-order valence-corrected chi connectivity index (χ4v) is 3.52. The summed E-state index contributed by atoms with van der Waals surface area (Å²) in [5.74, 6) is 1.79. The van der Waals surface area contributed by atoms with E-state index in [-0.39, 0.29) is 6.04 Å². The number of thiophene rings is 1. The Bertz CT molecular complexity index is 1090. The first kappa shape index (κ1) is 17.3. The lowest BCUT2D eigenvalue weighted by Crippen LogP contribution is -2.13. The minimum absolute atomic E-state index is 0.287. The molecule has 0 amide bonds. The maximum absolute atomic E-state index is 13.0. The molecule has 0 aliphatic rings. The number of imidazole rings is 1. The van der Waals surface area contributed by atoms with Gasteiger partial charge in [0.15, 0.2) is 11.6 Å². The number of nitrogens with one attached hydrogen (secondary N) is 2. The summed E-state index contributed by atoms with van der Waals surface area (Å²) in [7, 11) is 1.90. The molecule has 0 aromatic carbocycles. The van der Waals surface area contributed by atoms with Crippen LogP contribution in [0.2, 0.25) is 0 Å². The van der Waals surface area contributed by atoms with Crippen molar-refractivity contribution >= 4 is 39.1 Å². The number of nitrogens with zero attached hydrogens (tertiary/aromatic N) is 6. The van der Waals surface area contributed by atoms with E-state index in [9.17, 15) is 4.39 Å². The zero-order chi connectivity index (χ0) is 19.0. The summed E-state index contributed by atoms with van der Waals surface area (Å²) >= 11 is 1.58. The molecule has 10 heteroatoms. The number of aryl methyl sites for hydroxylation is 2. The van der Waals surface area contributed by atoms with Crippen LogP contribution in [0.5, 0.6) is 0 Å². The van der Waals surface area contributed by atoms with Crippen LogP contribution in [0, 0.1) is 12.7 Å². The zero-order valence-electron chi connectivity index (χ0n) is 14.9. The Morgan fingerprint density at radius 3 is 2.67 bits per heavy atom. The number of fused-ring (bicyclic) bond motifs is 1. The Labute approximate surface area is 158 Å². The molecule has 1 atom stereocenters. The summed E-state index contributed by atoms with van der Waals surface area (Å²) in [6.07, 6.45) is 5.87. The second kappa shape index (κ2) is 6.88. The maximum atomic E-state index is 13.0. The van der Waals surface area contributed by atoms with Gasteiger partial charge in [0.05, 0.1) is 35.0 Å². The predicted molar refractivity (Wildman–Crippen MR) is 103 cm³/mol. The Balaban J connectivity index is 1.68. The van der Waals surface area contributed by atoms with Gasteiger partial charge in [0.2, 0.25) is 5.95 Å². The molecule has 0 bridgehead atoms. The van der Waals surface area contributed by atoms with E-state index in [4.69, 9.17) is 0 Å². The van der Waals surface area contributed by atoms with Gasteiger partial charge in [0.25, 0.3) is 0 Å². The zero-order valence-corrected chi connectivity index (χ0v) is 15.8. The van der Waals surface area contributed by atoms with Crippen molar-refractivity contribution in [1.82, 2.24) is 29.5 Å². The lowest BCUT2D eigenvalue weighted by molar-refractivity contribution is 0.604. The maximum Gasteiger partial charge on any atom is 0.225 e. The van der Waals surface area contributed by atoms with Gasteiger partial charge in [-0.1, -0.05) is 0 Å². The predicted octanol–water partition coefficient (Wildman–Crippen LogP) is 3.58. The molecule has 27 heavy (non-hydrogen) atoms. The third-order valence-corrected chi connectivity index (χ3v) is 5.01. The van der Waals surface area contributed by atoms with Crippen molar-refractivity contribution in [2.24, 2.45) is 7.05 Å². The van der Waals surface area contributed by atoms with E-state index in [0.29, 0.717) is 23.4 Å². The second-order valence-electron chi connectivity index (χ2n) is 6.17. The second-order valence-corrected chi connectivity index (χ2v) is 7.05. The average Bonchev–Trinajstić information content (AvgIpc) is 3.22. The molecule has 0 saturated carbocycles. The number of anilines is 3.